The number of aliphatic hydroxyl groups is 1. The number of benzene rings is 1. The molecule has 11 nitrogen and oxygen atoms in total. The van der Waals surface area contributed by atoms with Crippen LogP contribution in [0.25, 0.3) is 28.2 Å². The van der Waals surface area contributed by atoms with Gasteiger partial charge in [0.15, 0.2) is 28.7 Å². The van der Waals surface area contributed by atoms with Crippen molar-refractivity contribution in [3.8, 4) is 11.3 Å². The van der Waals surface area contributed by atoms with Gasteiger partial charge in [-0.15, -0.1) is 20.4 Å². The number of thiophene rings is 1. The number of aromatic amines is 1. The highest BCUT2D eigenvalue weighted by atomic mass is 32.2. The first kappa shape index (κ1) is 22.3. The summed E-state index contributed by atoms with van der Waals surface area (Å²) in [5, 5.41) is 13.5. The predicted molar refractivity (Wildman–Crippen MR) is 131 cm³/mol. The van der Waals surface area contributed by atoms with Crippen LogP contribution >= 0.6 is 31.4 Å². The van der Waals surface area contributed by atoms with Crippen LogP contribution in [0.3, 0.4) is 0 Å². The van der Waals surface area contributed by atoms with Gasteiger partial charge in [-0.3, -0.25) is 9.36 Å². The van der Waals surface area contributed by atoms with Crippen LogP contribution in [0.15, 0.2) is 68.2 Å². The highest BCUT2D eigenvalue weighted by Crippen LogP contribution is 2.45. The van der Waals surface area contributed by atoms with Gasteiger partial charge in [0.25, 0.3) is 5.56 Å². The van der Waals surface area contributed by atoms with Crippen LogP contribution in [0.1, 0.15) is 6.23 Å². The summed E-state index contributed by atoms with van der Waals surface area (Å²) in [6, 6.07) is 13.5. The van der Waals surface area contributed by atoms with Gasteiger partial charge in [-0.1, -0.05) is 36.4 Å². The van der Waals surface area contributed by atoms with Gasteiger partial charge in [0.2, 0.25) is 5.78 Å². The van der Waals surface area contributed by atoms with Gasteiger partial charge in [-0.05, 0) is 28.8 Å². The Morgan fingerprint density at radius 1 is 1.19 bits per heavy atom. The summed E-state index contributed by atoms with van der Waals surface area (Å²) in [7, 11) is -2.34. The molecule has 1 aromatic carbocycles. The molecule has 0 bridgehead atoms. The lowest BCUT2D eigenvalue weighted by molar-refractivity contribution is -0.0583. The zero-order chi connectivity index (χ0) is 24.4. The van der Waals surface area contributed by atoms with E-state index >= 15 is 0 Å². The molecule has 2 aliphatic rings. The monoisotopic (exact) mass is 542 g/mol. The van der Waals surface area contributed by atoms with Crippen molar-refractivity contribution in [1.29, 1.82) is 0 Å². The Morgan fingerprint density at radius 3 is 2.86 bits per heavy atom. The van der Waals surface area contributed by atoms with E-state index in [0.717, 1.165) is 15.5 Å². The van der Waals surface area contributed by atoms with E-state index in [1.807, 2.05) is 47.8 Å². The number of nitrogens with one attached hydrogen (secondary N) is 1. The Morgan fingerprint density at radius 2 is 2.06 bits per heavy atom. The molecule has 2 aliphatic heterocycles. The number of ether oxygens (including phenoxy) is 1. The third kappa shape index (κ3) is 3.55. The normalized spacial score (nSPS) is 25.1. The van der Waals surface area contributed by atoms with Gasteiger partial charge in [0.1, 0.15) is 18.8 Å². The summed E-state index contributed by atoms with van der Waals surface area (Å²) in [5.74, 6) is 0.327. The topological polar surface area (TPSA) is 133 Å². The summed E-state index contributed by atoms with van der Waals surface area (Å²) in [5.41, 5.74) is 1.67. The zero-order valence-corrected chi connectivity index (χ0v) is 20.8. The number of imidazole rings is 2. The Balaban J connectivity index is 1.41. The van der Waals surface area contributed by atoms with Gasteiger partial charge < -0.3 is 14.8 Å². The molecule has 0 radical (unpaired) electrons. The van der Waals surface area contributed by atoms with Crippen LogP contribution in [0, 0.1) is 0 Å². The number of aromatic nitrogens is 5. The van der Waals surface area contributed by atoms with E-state index in [0.29, 0.717) is 10.9 Å². The molecule has 5 aromatic rings. The molecule has 36 heavy (non-hydrogen) atoms. The number of aliphatic hydroxyl groups excluding tert-OH is 1. The molecule has 14 heteroatoms. The van der Waals surface area contributed by atoms with Crippen molar-refractivity contribution < 1.29 is 23.5 Å². The molecule has 0 aliphatic carbocycles. The first-order valence-electron chi connectivity index (χ1n) is 11.0. The van der Waals surface area contributed by atoms with Crippen LogP contribution in [0.2, 0.25) is 0 Å². The summed E-state index contributed by atoms with van der Waals surface area (Å²) in [6.07, 6.45) is -1.93. The quantitative estimate of drug-likeness (QED) is 0.327. The second-order valence-corrected chi connectivity index (χ2v) is 11.4. The number of H-pyrrole nitrogens is 1. The molecule has 7 rings (SSSR count). The summed E-state index contributed by atoms with van der Waals surface area (Å²) in [6.45, 7) is 0.0187. The number of nitrogens with zero attached hydrogens (tertiary/aromatic N) is 4. The number of hydrogen-bond donors (Lipinski definition) is 2. The smallest absolute Gasteiger partial charge is 0.385 e. The summed E-state index contributed by atoms with van der Waals surface area (Å²) in [4.78, 5) is 26.1. The minimum Gasteiger partial charge on any atom is -0.385 e. The van der Waals surface area contributed by atoms with Gasteiger partial charge >= 0.3 is 8.25 Å². The average molecular weight is 543 g/mol. The van der Waals surface area contributed by atoms with Crippen molar-refractivity contribution in [2.24, 2.45) is 0 Å². The van der Waals surface area contributed by atoms with Crippen molar-refractivity contribution >= 4 is 48.3 Å². The lowest BCUT2D eigenvalue weighted by atomic mass is 10.1. The largest absolute Gasteiger partial charge is 0.697 e. The molecule has 2 unspecified atom stereocenters. The molecule has 182 valence electrons. The fourth-order valence-corrected chi connectivity index (χ4v) is 7.02. The van der Waals surface area contributed by atoms with E-state index < -0.39 is 32.8 Å². The summed E-state index contributed by atoms with van der Waals surface area (Å²) < 4.78 is 32.3. The number of hydrogen-bond acceptors (Lipinski definition) is 10. The van der Waals surface area contributed by atoms with E-state index in [1.165, 1.54) is 27.5 Å². The molecule has 5 atom stereocenters. The zero-order valence-electron chi connectivity index (χ0n) is 18.3. The van der Waals surface area contributed by atoms with E-state index in [4.69, 9.17) is 18.8 Å². The van der Waals surface area contributed by atoms with Crippen molar-refractivity contribution in [2.45, 2.75) is 33.9 Å². The molecule has 4 aromatic heterocycles. The van der Waals surface area contributed by atoms with Crippen LogP contribution < -0.4 is 5.56 Å². The van der Waals surface area contributed by atoms with E-state index in [-0.39, 0.29) is 23.3 Å². The molecular formula is C22H17N5O6PS2+. The Bertz CT molecular complexity index is 1670. The molecule has 0 saturated carbocycles. The highest BCUT2D eigenvalue weighted by molar-refractivity contribution is 8.01. The molecular weight excluding hydrogens is 525 g/mol. The van der Waals surface area contributed by atoms with Gasteiger partial charge in [0, 0.05) is 10.8 Å². The maximum Gasteiger partial charge on any atom is 0.697 e. The first-order chi connectivity index (χ1) is 17.6. The minimum absolute atomic E-state index is 0.0187. The fraction of sp³-hybridized carbons (Fsp3) is 0.227. The minimum atomic E-state index is -2.34. The maximum atomic E-state index is 13.5. The van der Waals surface area contributed by atoms with Crippen LogP contribution in [-0.4, -0.2) is 53.9 Å². The summed E-state index contributed by atoms with van der Waals surface area (Å²) >= 11 is 2.86. The molecule has 2 N–H and O–H groups in total. The van der Waals surface area contributed by atoms with E-state index in [9.17, 15) is 14.5 Å². The first-order valence-corrected chi connectivity index (χ1v) is 13.8. The van der Waals surface area contributed by atoms with Crippen molar-refractivity contribution in [2.75, 3.05) is 6.61 Å². The van der Waals surface area contributed by atoms with Gasteiger partial charge in [-0.2, -0.15) is 4.98 Å². The standard InChI is InChI=1S/C22H16N5O6PS2/c28-16-17-13(10-31-34(30)33-17)32-20(16)27-18-15(24-22(27)36-14-7-4-8-35-14)19(29)26-9-12(23-21(26)25-18)11-5-2-1-3-6-11/h1-9,13,16-17,20,28H,10H2/p+1/t13?,16-,17+,20+/m0/s1. The average Bonchev–Trinajstić information content (AvgIpc) is 3.67. The fourth-order valence-electron chi connectivity index (χ4n) is 4.45. The Labute approximate surface area is 211 Å². The molecule has 6 heterocycles. The lowest BCUT2D eigenvalue weighted by Crippen LogP contribution is -2.37. The van der Waals surface area contributed by atoms with E-state index in [1.54, 1.807) is 10.8 Å². The van der Waals surface area contributed by atoms with Gasteiger partial charge in [-0.25, -0.2) is 9.38 Å². The SMILES string of the molecule is O=c1c2nc(Sc3cccs3)n([C@@H]3OC4CO[P+](=O)O[C@H]4[C@@H]3O)c2nc2[nH]c(-c3ccccc3)cn12. The Kier molecular flexibility index (Phi) is 5.33. The predicted octanol–water partition coefficient (Wildman–Crippen LogP) is 3.58. The Hall–Kier alpha value is -2.90. The number of rotatable bonds is 4. The lowest BCUT2D eigenvalue weighted by Gasteiger charge is -2.18. The second-order valence-electron chi connectivity index (χ2n) is 8.26. The van der Waals surface area contributed by atoms with Crippen LogP contribution in [-0.2, 0) is 18.3 Å². The van der Waals surface area contributed by atoms with Crippen LogP contribution in [0.5, 0.6) is 0 Å². The van der Waals surface area contributed by atoms with Crippen molar-refractivity contribution in [3.05, 3.63) is 64.4 Å². The third-order valence-electron chi connectivity index (χ3n) is 6.11. The third-order valence-corrected chi connectivity index (χ3v) is 8.89. The molecule has 2 fully saturated rings. The van der Waals surface area contributed by atoms with Crippen molar-refractivity contribution in [3.63, 3.8) is 0 Å². The van der Waals surface area contributed by atoms with Crippen LogP contribution in [0.4, 0.5) is 0 Å². The molecule has 0 amide bonds. The maximum absolute atomic E-state index is 13.5. The second kappa shape index (κ2) is 8.60. The number of fused-ring (bicyclic) bond motifs is 3. The molecule has 0 spiro atoms. The van der Waals surface area contributed by atoms with E-state index in [2.05, 4.69) is 9.97 Å². The van der Waals surface area contributed by atoms with Gasteiger partial charge in [0.05, 0.1) is 9.90 Å². The van der Waals surface area contributed by atoms with Crippen molar-refractivity contribution in [1.82, 2.24) is 23.9 Å². The molecule has 2 saturated heterocycles. The highest BCUT2D eigenvalue weighted by Gasteiger charge is 2.55.